The maximum absolute atomic E-state index is 9.79. The van der Waals surface area contributed by atoms with E-state index in [2.05, 4.69) is 30.9 Å². The highest BCUT2D eigenvalue weighted by Crippen LogP contribution is 2.33. The Labute approximate surface area is 97.9 Å². The van der Waals surface area contributed by atoms with Crippen molar-refractivity contribution in [3.05, 3.63) is 29.8 Å². The average molecular weight is 219 g/mol. The lowest BCUT2D eigenvalue weighted by molar-refractivity contribution is 0.199. The molecule has 3 atom stereocenters. The van der Waals surface area contributed by atoms with E-state index in [-0.39, 0.29) is 6.10 Å². The van der Waals surface area contributed by atoms with Crippen LogP contribution in [0.2, 0.25) is 0 Å². The third-order valence-electron chi connectivity index (χ3n) is 3.48. The summed E-state index contributed by atoms with van der Waals surface area (Å²) in [5, 5.41) is 9.79. The Bertz CT molecular complexity index is 362. The molecule has 2 unspecified atom stereocenters. The van der Waals surface area contributed by atoms with E-state index in [9.17, 15) is 5.11 Å². The van der Waals surface area contributed by atoms with E-state index in [0.29, 0.717) is 6.04 Å². The number of hydrogen-bond donors (Lipinski definition) is 1. The first-order chi connectivity index (χ1) is 7.59. The molecular weight excluding hydrogens is 198 g/mol. The summed E-state index contributed by atoms with van der Waals surface area (Å²) < 4.78 is 0. The molecule has 1 aliphatic rings. The van der Waals surface area contributed by atoms with Crippen LogP contribution in [-0.2, 0) is 0 Å². The molecule has 0 saturated carbocycles. The van der Waals surface area contributed by atoms with Gasteiger partial charge in [-0.1, -0.05) is 25.1 Å². The molecule has 0 aromatic heterocycles. The van der Waals surface area contributed by atoms with E-state index in [1.165, 1.54) is 12.1 Å². The fourth-order valence-corrected chi connectivity index (χ4v) is 2.74. The fourth-order valence-electron chi connectivity index (χ4n) is 2.74. The Hall–Kier alpha value is -1.02. The van der Waals surface area contributed by atoms with Crippen LogP contribution in [0.1, 0.15) is 38.9 Å². The largest absolute Gasteiger partial charge is 0.389 e. The van der Waals surface area contributed by atoms with E-state index in [1.54, 1.807) is 0 Å². The summed E-state index contributed by atoms with van der Waals surface area (Å²) in [5.74, 6) is 0.747. The molecule has 16 heavy (non-hydrogen) atoms. The summed E-state index contributed by atoms with van der Waals surface area (Å²) in [6.45, 7) is 7.50. The number of hydrogen-bond acceptors (Lipinski definition) is 2. The van der Waals surface area contributed by atoms with E-state index < -0.39 is 0 Å². The highest BCUT2D eigenvalue weighted by atomic mass is 16.3. The Kier molecular flexibility index (Phi) is 3.20. The maximum atomic E-state index is 9.79. The van der Waals surface area contributed by atoms with Crippen molar-refractivity contribution in [2.75, 3.05) is 11.4 Å². The first-order valence-corrected chi connectivity index (χ1v) is 6.13. The van der Waals surface area contributed by atoms with Crippen molar-refractivity contribution in [1.29, 1.82) is 0 Å². The van der Waals surface area contributed by atoms with Crippen LogP contribution in [0.4, 0.5) is 5.69 Å². The third-order valence-corrected chi connectivity index (χ3v) is 3.48. The van der Waals surface area contributed by atoms with Gasteiger partial charge in [0.2, 0.25) is 0 Å². The van der Waals surface area contributed by atoms with Crippen molar-refractivity contribution < 1.29 is 5.11 Å². The van der Waals surface area contributed by atoms with Gasteiger partial charge >= 0.3 is 0 Å². The topological polar surface area (TPSA) is 23.5 Å². The van der Waals surface area contributed by atoms with Gasteiger partial charge in [-0.05, 0) is 32.3 Å². The highest BCUT2D eigenvalue weighted by molar-refractivity contribution is 5.56. The molecule has 1 aliphatic heterocycles. The van der Waals surface area contributed by atoms with Crippen molar-refractivity contribution in [1.82, 2.24) is 0 Å². The number of anilines is 1. The standard InChI is InChI=1S/C14H21NO/c1-10-8-11(2)15(9-10)14-7-5-4-6-13(14)12(3)16/h4-7,10-12,16H,8-9H2,1-3H3/t10?,11?,12-/m1/s1. The molecular formula is C14H21NO. The molecule has 2 nitrogen and oxygen atoms in total. The zero-order valence-corrected chi connectivity index (χ0v) is 10.4. The van der Waals surface area contributed by atoms with Crippen molar-refractivity contribution in [2.45, 2.75) is 39.3 Å². The van der Waals surface area contributed by atoms with Gasteiger partial charge in [0.25, 0.3) is 0 Å². The Balaban J connectivity index is 2.33. The minimum absolute atomic E-state index is 0.390. The van der Waals surface area contributed by atoms with Gasteiger partial charge in [0.05, 0.1) is 6.10 Å². The third kappa shape index (κ3) is 2.07. The summed E-state index contributed by atoms with van der Waals surface area (Å²) in [4.78, 5) is 2.42. The lowest BCUT2D eigenvalue weighted by Crippen LogP contribution is -2.27. The van der Waals surface area contributed by atoms with Crippen LogP contribution in [0.3, 0.4) is 0 Å². The summed E-state index contributed by atoms with van der Waals surface area (Å²) in [7, 11) is 0. The van der Waals surface area contributed by atoms with Gasteiger partial charge in [0, 0.05) is 23.8 Å². The van der Waals surface area contributed by atoms with E-state index in [4.69, 9.17) is 0 Å². The van der Waals surface area contributed by atoms with Crippen LogP contribution in [-0.4, -0.2) is 17.7 Å². The summed E-state index contributed by atoms with van der Waals surface area (Å²) in [5.41, 5.74) is 2.25. The second-order valence-corrected chi connectivity index (χ2v) is 5.08. The lowest BCUT2D eigenvalue weighted by atomic mass is 10.1. The van der Waals surface area contributed by atoms with Gasteiger partial charge in [0.1, 0.15) is 0 Å². The zero-order chi connectivity index (χ0) is 11.7. The molecule has 2 heteroatoms. The molecule has 88 valence electrons. The number of benzene rings is 1. The first kappa shape index (κ1) is 11.5. The molecule has 1 aromatic carbocycles. The van der Waals surface area contributed by atoms with Gasteiger partial charge in [-0.3, -0.25) is 0 Å². The van der Waals surface area contributed by atoms with Crippen molar-refractivity contribution in [3.63, 3.8) is 0 Å². The maximum Gasteiger partial charge on any atom is 0.0781 e. The second kappa shape index (κ2) is 4.46. The number of rotatable bonds is 2. The molecule has 0 amide bonds. The zero-order valence-electron chi connectivity index (χ0n) is 10.4. The molecule has 1 aromatic rings. The SMILES string of the molecule is CC1CC(C)N(c2ccccc2[C@@H](C)O)C1. The quantitative estimate of drug-likeness (QED) is 0.826. The molecule has 1 heterocycles. The number of aliphatic hydroxyl groups excluding tert-OH is 1. The molecule has 0 spiro atoms. The molecule has 2 rings (SSSR count). The molecule has 0 aliphatic carbocycles. The minimum Gasteiger partial charge on any atom is -0.389 e. The normalized spacial score (nSPS) is 27.1. The molecule has 1 saturated heterocycles. The highest BCUT2D eigenvalue weighted by Gasteiger charge is 2.27. The number of nitrogens with zero attached hydrogens (tertiary/aromatic N) is 1. The predicted molar refractivity (Wildman–Crippen MR) is 67.7 cm³/mol. The molecule has 1 fully saturated rings. The van der Waals surface area contributed by atoms with Crippen LogP contribution >= 0.6 is 0 Å². The van der Waals surface area contributed by atoms with Crippen LogP contribution in [0.5, 0.6) is 0 Å². The molecule has 0 radical (unpaired) electrons. The average Bonchev–Trinajstić information content (AvgIpc) is 2.57. The van der Waals surface area contributed by atoms with Crippen LogP contribution in [0.25, 0.3) is 0 Å². The van der Waals surface area contributed by atoms with E-state index >= 15 is 0 Å². The molecule has 0 bridgehead atoms. The monoisotopic (exact) mass is 219 g/mol. The van der Waals surface area contributed by atoms with Crippen LogP contribution < -0.4 is 4.90 Å². The minimum atomic E-state index is -0.390. The van der Waals surface area contributed by atoms with Gasteiger partial charge in [-0.2, -0.15) is 0 Å². The van der Waals surface area contributed by atoms with Crippen molar-refractivity contribution in [2.24, 2.45) is 5.92 Å². The summed E-state index contributed by atoms with van der Waals surface area (Å²) in [6.07, 6.45) is 0.855. The number of aliphatic hydroxyl groups is 1. The molecule has 1 N–H and O–H groups in total. The predicted octanol–water partition coefficient (Wildman–Crippen LogP) is 2.97. The van der Waals surface area contributed by atoms with E-state index in [0.717, 1.165) is 18.0 Å². The van der Waals surface area contributed by atoms with Crippen LogP contribution in [0, 0.1) is 5.92 Å². The van der Waals surface area contributed by atoms with Gasteiger partial charge in [0.15, 0.2) is 0 Å². The van der Waals surface area contributed by atoms with E-state index in [1.807, 2.05) is 19.1 Å². The lowest BCUT2D eigenvalue weighted by Gasteiger charge is -2.27. The Morgan fingerprint density at radius 2 is 2.00 bits per heavy atom. The Morgan fingerprint density at radius 3 is 2.56 bits per heavy atom. The van der Waals surface area contributed by atoms with Crippen molar-refractivity contribution >= 4 is 5.69 Å². The second-order valence-electron chi connectivity index (χ2n) is 5.08. The van der Waals surface area contributed by atoms with Crippen LogP contribution in [0.15, 0.2) is 24.3 Å². The van der Waals surface area contributed by atoms with Gasteiger partial charge < -0.3 is 10.0 Å². The first-order valence-electron chi connectivity index (χ1n) is 6.13. The van der Waals surface area contributed by atoms with Crippen molar-refractivity contribution in [3.8, 4) is 0 Å². The smallest absolute Gasteiger partial charge is 0.0781 e. The number of para-hydroxylation sites is 1. The van der Waals surface area contributed by atoms with Gasteiger partial charge in [-0.25, -0.2) is 0 Å². The Morgan fingerprint density at radius 1 is 1.31 bits per heavy atom. The fraction of sp³-hybridized carbons (Fsp3) is 0.571. The summed E-state index contributed by atoms with van der Waals surface area (Å²) in [6, 6.07) is 8.77. The van der Waals surface area contributed by atoms with Gasteiger partial charge in [-0.15, -0.1) is 0 Å². The summed E-state index contributed by atoms with van der Waals surface area (Å²) >= 11 is 0.